The molecule has 4 aliphatic rings. The first kappa shape index (κ1) is 23.4. The fraction of sp³-hybridized carbons (Fsp3) is 0.300. The molecule has 35 heavy (non-hydrogen) atoms. The Morgan fingerprint density at radius 3 is 2.97 bits per heavy atom. The summed E-state index contributed by atoms with van der Waals surface area (Å²) in [5, 5.41) is 17.6. The van der Waals surface area contributed by atoms with Crippen molar-refractivity contribution in [2.75, 3.05) is 25.1 Å². The van der Waals surface area contributed by atoms with Crippen molar-refractivity contribution >= 4 is 69.0 Å². The van der Waals surface area contributed by atoms with Gasteiger partial charge in [-0.25, -0.2) is 9.78 Å². The van der Waals surface area contributed by atoms with E-state index < -0.39 is 29.2 Å². The lowest BCUT2D eigenvalue weighted by molar-refractivity contribution is -0.150. The summed E-state index contributed by atoms with van der Waals surface area (Å²) in [6.45, 7) is 0.340. The normalized spacial score (nSPS) is 25.2. The molecule has 182 valence electrons. The van der Waals surface area contributed by atoms with Gasteiger partial charge in [-0.3, -0.25) is 19.5 Å². The Kier molecular flexibility index (Phi) is 6.29. The highest BCUT2D eigenvalue weighted by Gasteiger charge is 2.54. The van der Waals surface area contributed by atoms with E-state index in [1.54, 1.807) is 10.9 Å². The fourth-order valence-electron chi connectivity index (χ4n) is 4.05. The smallest absolute Gasteiger partial charge is 0.352 e. The third-order valence-corrected chi connectivity index (χ3v) is 8.57. The van der Waals surface area contributed by atoms with Crippen LogP contribution in [-0.4, -0.2) is 85.1 Å². The maximum absolute atomic E-state index is 13.0. The van der Waals surface area contributed by atoms with Crippen LogP contribution in [0.4, 0.5) is 5.13 Å². The number of allylic oxidation sites excluding steroid dienone is 2. The number of hydrogen-bond acceptors (Lipinski definition) is 12. The van der Waals surface area contributed by atoms with Gasteiger partial charge >= 0.3 is 5.97 Å². The van der Waals surface area contributed by atoms with Gasteiger partial charge in [-0.15, -0.1) is 23.1 Å². The van der Waals surface area contributed by atoms with Crippen LogP contribution in [0.1, 0.15) is 5.69 Å². The zero-order valence-electron chi connectivity index (χ0n) is 18.2. The number of thioether (sulfide) groups is 2. The van der Waals surface area contributed by atoms with Crippen molar-refractivity contribution in [2.45, 2.75) is 16.8 Å². The quantitative estimate of drug-likeness (QED) is 0.257. The van der Waals surface area contributed by atoms with Crippen molar-refractivity contribution in [1.29, 1.82) is 0 Å². The number of amides is 2. The van der Waals surface area contributed by atoms with Crippen molar-refractivity contribution < 1.29 is 24.3 Å². The van der Waals surface area contributed by atoms with Gasteiger partial charge in [-0.2, -0.15) is 0 Å². The lowest BCUT2D eigenvalue weighted by atomic mass is 10.0. The summed E-state index contributed by atoms with van der Waals surface area (Å²) in [4.78, 5) is 54.5. The number of carbonyl (C=O) groups excluding carboxylic acids is 2. The monoisotopic (exact) mass is 533 g/mol. The number of carbonyl (C=O) groups is 3. The Balaban J connectivity index is 1.33. The number of fused-ring (bicyclic) bond motifs is 2. The van der Waals surface area contributed by atoms with E-state index in [0.717, 1.165) is 17.0 Å². The number of aliphatic imine (C=N–C) groups is 1. The van der Waals surface area contributed by atoms with Crippen LogP contribution in [0.2, 0.25) is 0 Å². The zero-order chi connectivity index (χ0) is 24.7. The molecule has 0 radical (unpaired) electrons. The number of anilines is 1. The largest absolute Gasteiger partial charge is 0.477 e. The van der Waals surface area contributed by atoms with E-state index in [-0.39, 0.29) is 27.6 Å². The second-order valence-electron chi connectivity index (χ2n) is 7.64. The lowest BCUT2D eigenvalue weighted by Crippen LogP contribution is -2.71. The molecule has 1 fully saturated rings. The molecule has 1 aromatic rings. The Morgan fingerprint density at radius 2 is 2.26 bits per heavy atom. The summed E-state index contributed by atoms with van der Waals surface area (Å²) in [5.74, 6) is -1.96. The van der Waals surface area contributed by atoms with Crippen molar-refractivity contribution in [1.82, 2.24) is 20.1 Å². The molecule has 5 rings (SSSR count). The number of oxime groups is 1. The van der Waals surface area contributed by atoms with Crippen LogP contribution >= 0.6 is 34.9 Å². The number of carboxylic acids is 1. The Morgan fingerprint density at radius 1 is 1.43 bits per heavy atom. The molecule has 0 aromatic carbocycles. The van der Waals surface area contributed by atoms with Crippen LogP contribution < -0.4 is 11.1 Å². The number of rotatable bonds is 7. The number of nitrogens with two attached hydrogens (primary N) is 1. The molecule has 4 N–H and O–H groups in total. The topological polar surface area (TPSA) is 163 Å². The van der Waals surface area contributed by atoms with Crippen molar-refractivity contribution in [3.63, 3.8) is 0 Å². The Bertz CT molecular complexity index is 1250. The van der Waals surface area contributed by atoms with E-state index in [0.29, 0.717) is 17.9 Å². The molecule has 2 unspecified atom stereocenters. The van der Waals surface area contributed by atoms with E-state index in [2.05, 4.69) is 20.4 Å². The predicted octanol–water partition coefficient (Wildman–Crippen LogP) is 0.629. The third kappa shape index (κ3) is 4.19. The van der Waals surface area contributed by atoms with Crippen LogP contribution in [-0.2, 0) is 19.2 Å². The molecular formula is C20H19N7O5S3. The maximum Gasteiger partial charge on any atom is 0.352 e. The number of nitrogen functional groups attached to an aromatic ring is 1. The number of nitrogens with one attached hydrogen (secondary N) is 1. The van der Waals surface area contributed by atoms with E-state index in [1.807, 2.05) is 23.3 Å². The summed E-state index contributed by atoms with van der Waals surface area (Å²) in [5.41, 5.74) is 8.98. The molecule has 0 aliphatic carbocycles. The number of thiazole rings is 1. The average molecular weight is 534 g/mol. The minimum absolute atomic E-state index is 0.0253. The SMILES string of the molecule is CO/N=C(\C(=O)NC1C(=O)N2C(C(=O)O)=C(CN3C=CC=C4N=CSC43)CS[C@H]12)c1csc(N)n1. The summed E-state index contributed by atoms with van der Waals surface area (Å²) < 4.78 is 0. The van der Waals surface area contributed by atoms with E-state index in [9.17, 15) is 19.5 Å². The number of β-lactam (4-membered cyclic amide) rings is 1. The molecule has 1 aromatic heterocycles. The highest BCUT2D eigenvalue weighted by molar-refractivity contribution is 8.13. The molecule has 4 aliphatic heterocycles. The Labute approximate surface area is 211 Å². The van der Waals surface area contributed by atoms with Gasteiger partial charge in [0, 0.05) is 23.9 Å². The van der Waals surface area contributed by atoms with Gasteiger partial charge in [0.15, 0.2) is 10.8 Å². The number of aromatic nitrogens is 1. The van der Waals surface area contributed by atoms with Crippen molar-refractivity contribution in [3.8, 4) is 0 Å². The molecule has 12 nitrogen and oxygen atoms in total. The van der Waals surface area contributed by atoms with Crippen LogP contribution in [0.25, 0.3) is 0 Å². The fourth-order valence-corrected chi connectivity index (χ4v) is 6.81. The second-order valence-corrected chi connectivity index (χ2v) is 10.6. The number of aliphatic carboxylic acids is 1. The minimum Gasteiger partial charge on any atom is -0.477 e. The van der Waals surface area contributed by atoms with Gasteiger partial charge in [-0.1, -0.05) is 16.9 Å². The van der Waals surface area contributed by atoms with Gasteiger partial charge in [0.2, 0.25) is 0 Å². The second kappa shape index (κ2) is 9.39. The molecule has 0 spiro atoms. The van der Waals surface area contributed by atoms with Crippen molar-refractivity contribution in [2.24, 2.45) is 10.1 Å². The first-order chi connectivity index (χ1) is 16.9. The molecule has 15 heteroatoms. The highest BCUT2D eigenvalue weighted by atomic mass is 32.2. The summed E-state index contributed by atoms with van der Waals surface area (Å²) in [6, 6.07) is -0.912. The minimum atomic E-state index is -1.19. The summed E-state index contributed by atoms with van der Waals surface area (Å²) in [6.07, 6.45) is 5.68. The number of hydrogen-bond donors (Lipinski definition) is 3. The molecule has 2 amide bonds. The molecule has 0 saturated carbocycles. The van der Waals surface area contributed by atoms with Crippen LogP contribution in [0.3, 0.4) is 0 Å². The van der Waals surface area contributed by atoms with Gasteiger partial charge in [0.25, 0.3) is 11.8 Å². The summed E-state index contributed by atoms with van der Waals surface area (Å²) in [7, 11) is 1.29. The van der Waals surface area contributed by atoms with Crippen LogP contribution in [0.5, 0.6) is 0 Å². The first-order valence-electron chi connectivity index (χ1n) is 10.2. The molecule has 3 atom stereocenters. The van der Waals surface area contributed by atoms with Crippen molar-refractivity contribution in [3.05, 3.63) is 46.4 Å². The van der Waals surface area contributed by atoms with E-state index in [1.165, 1.54) is 35.5 Å². The lowest BCUT2D eigenvalue weighted by Gasteiger charge is -2.49. The Hall–Kier alpha value is -3.30. The molecule has 0 bridgehead atoms. The molecule has 1 saturated heterocycles. The van der Waals surface area contributed by atoms with E-state index in [4.69, 9.17) is 10.6 Å². The zero-order valence-corrected chi connectivity index (χ0v) is 20.6. The summed E-state index contributed by atoms with van der Waals surface area (Å²) >= 11 is 4.07. The molecular weight excluding hydrogens is 514 g/mol. The van der Waals surface area contributed by atoms with Gasteiger partial charge in [0.1, 0.15) is 35.3 Å². The van der Waals surface area contributed by atoms with E-state index >= 15 is 0 Å². The number of nitrogens with zero attached hydrogens (tertiary/aromatic N) is 5. The van der Waals surface area contributed by atoms with Crippen LogP contribution in [0.15, 0.2) is 50.8 Å². The standard InChI is InChI=1S/C20H19N7O5S3/c1-32-25-12(11-7-34-20(21)23-11)15(28)24-13-16(29)27-14(19(30)31)9(6-33-18(13)27)5-26-4-2-3-10-17(26)35-8-22-10/h2-4,7-8,13,17-18H,5-6H2,1H3,(H2,21,23)(H,24,28)(H,30,31)/b25-12-/t13?,17?,18-/m1/s1. The number of carboxylic acid groups (broad SMARTS) is 1. The van der Waals surface area contributed by atoms with Gasteiger partial charge < -0.3 is 25.9 Å². The average Bonchev–Trinajstić information content (AvgIpc) is 3.49. The van der Waals surface area contributed by atoms with Gasteiger partial charge in [-0.05, 0) is 17.7 Å². The molecule has 5 heterocycles. The first-order valence-corrected chi connectivity index (χ1v) is 13.1. The van der Waals surface area contributed by atoms with Crippen LogP contribution in [0, 0.1) is 0 Å². The predicted molar refractivity (Wildman–Crippen MR) is 134 cm³/mol. The van der Waals surface area contributed by atoms with Gasteiger partial charge in [0.05, 0.1) is 11.2 Å². The highest BCUT2D eigenvalue weighted by Crippen LogP contribution is 2.41. The third-order valence-electron chi connectivity index (χ3n) is 5.56. The maximum atomic E-state index is 13.0.